The summed E-state index contributed by atoms with van der Waals surface area (Å²) >= 11 is 0. The lowest BCUT2D eigenvalue weighted by Crippen LogP contribution is -2.43. The highest BCUT2D eigenvalue weighted by Crippen LogP contribution is 2.32. The number of carbonyl (C=O) groups is 2. The molecule has 2 aromatic heterocycles. The van der Waals surface area contributed by atoms with Gasteiger partial charge in [-0.2, -0.15) is 0 Å². The summed E-state index contributed by atoms with van der Waals surface area (Å²) in [6.07, 6.45) is 8.19. The molecule has 0 unspecified atom stereocenters. The number of allylic oxidation sites excluding steroid dienone is 1. The lowest BCUT2D eigenvalue weighted by Gasteiger charge is -2.29. The van der Waals surface area contributed by atoms with Gasteiger partial charge in [-0.1, -0.05) is 62.7 Å². The van der Waals surface area contributed by atoms with E-state index in [0.29, 0.717) is 40.3 Å². The SMILES string of the molecule is Cc1ccc(N=C(C=C(N)C(C)(C)C)NC(=O)Nc2ccc(OCc3ccnc(Nc4cnc(C(=O)NC5CCN(C)CC5)cn4)c3)c3ccccc23)cc1. The van der Waals surface area contributed by atoms with Crippen LogP contribution in [0.1, 0.15) is 55.2 Å². The molecule has 3 amide bonds. The van der Waals surface area contributed by atoms with Gasteiger partial charge in [0, 0.05) is 40.2 Å². The molecule has 13 nitrogen and oxygen atoms in total. The van der Waals surface area contributed by atoms with E-state index < -0.39 is 6.03 Å². The van der Waals surface area contributed by atoms with Gasteiger partial charge in [-0.15, -0.1) is 0 Å². The summed E-state index contributed by atoms with van der Waals surface area (Å²) in [6, 6.07) is 22.4. The number of hydrogen-bond donors (Lipinski definition) is 5. The third-order valence-corrected chi connectivity index (χ3v) is 9.23. The molecule has 1 aliphatic rings. The summed E-state index contributed by atoms with van der Waals surface area (Å²) in [6.45, 7) is 10.2. The van der Waals surface area contributed by atoms with Crippen LogP contribution in [0.25, 0.3) is 10.8 Å². The van der Waals surface area contributed by atoms with Crippen LogP contribution in [0.15, 0.2) is 108 Å². The largest absolute Gasteiger partial charge is 0.488 e. The molecule has 0 saturated carbocycles. The number of anilines is 3. The van der Waals surface area contributed by atoms with Crippen molar-refractivity contribution in [1.82, 2.24) is 30.5 Å². The molecule has 3 heterocycles. The van der Waals surface area contributed by atoms with Gasteiger partial charge < -0.3 is 31.3 Å². The maximum atomic E-state index is 13.4. The molecule has 1 fully saturated rings. The first-order valence-electron chi connectivity index (χ1n) is 18.3. The number of aryl methyl sites for hydroxylation is 1. The van der Waals surface area contributed by atoms with Crippen LogP contribution in [0, 0.1) is 12.3 Å². The fraction of sp³-hybridized carbons (Fsp3) is 0.286. The van der Waals surface area contributed by atoms with Crippen molar-refractivity contribution in [3.8, 4) is 5.75 Å². The van der Waals surface area contributed by atoms with E-state index in [0.717, 1.165) is 47.8 Å². The Labute approximate surface area is 321 Å². The van der Waals surface area contributed by atoms with Crippen molar-refractivity contribution in [1.29, 1.82) is 0 Å². The number of nitrogens with zero attached hydrogens (tertiary/aromatic N) is 5. The topological polar surface area (TPSA) is 172 Å². The van der Waals surface area contributed by atoms with Crippen molar-refractivity contribution in [2.75, 3.05) is 30.8 Å². The van der Waals surface area contributed by atoms with E-state index in [-0.39, 0.29) is 29.7 Å². The number of piperidine rings is 1. The zero-order chi connectivity index (χ0) is 39.0. The van der Waals surface area contributed by atoms with E-state index in [2.05, 4.69) is 53.2 Å². The molecule has 6 N–H and O–H groups in total. The minimum Gasteiger partial charge on any atom is -0.488 e. The fourth-order valence-electron chi connectivity index (χ4n) is 5.84. The number of nitrogens with one attached hydrogen (secondary N) is 4. The number of amidine groups is 1. The van der Waals surface area contributed by atoms with Crippen molar-refractivity contribution in [3.63, 3.8) is 0 Å². The smallest absolute Gasteiger partial charge is 0.324 e. The van der Waals surface area contributed by atoms with Gasteiger partial charge in [0.2, 0.25) is 0 Å². The van der Waals surface area contributed by atoms with E-state index in [1.54, 1.807) is 12.3 Å². The molecule has 3 aromatic carbocycles. The van der Waals surface area contributed by atoms with Crippen molar-refractivity contribution >= 4 is 51.6 Å². The molecule has 6 rings (SSSR count). The van der Waals surface area contributed by atoms with Crippen molar-refractivity contribution in [3.05, 3.63) is 120 Å². The molecule has 1 saturated heterocycles. The van der Waals surface area contributed by atoms with E-state index in [9.17, 15) is 9.59 Å². The molecule has 284 valence electrons. The minimum atomic E-state index is -0.463. The van der Waals surface area contributed by atoms with Crippen LogP contribution in [0.2, 0.25) is 0 Å². The summed E-state index contributed by atoms with van der Waals surface area (Å²) in [5.74, 6) is 1.76. The van der Waals surface area contributed by atoms with Crippen LogP contribution < -0.4 is 31.7 Å². The maximum Gasteiger partial charge on any atom is 0.324 e. The van der Waals surface area contributed by atoms with Gasteiger partial charge in [0.05, 0.1) is 23.8 Å². The third-order valence-electron chi connectivity index (χ3n) is 9.23. The first-order chi connectivity index (χ1) is 26.4. The summed E-state index contributed by atoms with van der Waals surface area (Å²) in [5, 5.41) is 13.7. The summed E-state index contributed by atoms with van der Waals surface area (Å²) in [4.78, 5) is 46.1. The molecule has 0 bridgehead atoms. The molecule has 0 aliphatic carbocycles. The Kier molecular flexibility index (Phi) is 12.0. The number of fused-ring (bicyclic) bond motifs is 1. The summed E-state index contributed by atoms with van der Waals surface area (Å²) in [5.41, 5.74) is 10.2. The number of ether oxygens (including phenoxy) is 1. The number of aliphatic imine (C=N–C) groups is 1. The van der Waals surface area contributed by atoms with Gasteiger partial charge in [0.25, 0.3) is 5.91 Å². The molecule has 5 aromatic rings. The number of nitrogens with two attached hydrogens (primary N) is 1. The Morgan fingerprint density at radius 1 is 0.945 bits per heavy atom. The molecular formula is C42H48N10O3. The molecule has 13 heteroatoms. The number of hydrogen-bond acceptors (Lipinski definition) is 10. The molecule has 0 atom stereocenters. The second-order valence-electron chi connectivity index (χ2n) is 14.7. The minimum absolute atomic E-state index is 0.141. The van der Waals surface area contributed by atoms with Crippen molar-refractivity contribution < 1.29 is 14.3 Å². The van der Waals surface area contributed by atoms with Crippen LogP contribution in [-0.2, 0) is 6.61 Å². The highest BCUT2D eigenvalue weighted by atomic mass is 16.5. The van der Waals surface area contributed by atoms with Crippen LogP contribution >= 0.6 is 0 Å². The first kappa shape index (κ1) is 38.4. The molecule has 0 spiro atoms. The zero-order valence-electron chi connectivity index (χ0n) is 31.9. The number of aromatic nitrogens is 3. The maximum absolute atomic E-state index is 13.4. The Hall–Kier alpha value is -6.34. The Morgan fingerprint density at radius 2 is 1.69 bits per heavy atom. The normalized spacial score (nSPS) is 14.3. The number of pyridine rings is 1. The number of amides is 3. The lowest BCUT2D eigenvalue weighted by molar-refractivity contribution is 0.0911. The van der Waals surface area contributed by atoms with Gasteiger partial charge >= 0.3 is 6.03 Å². The quantitative estimate of drug-likeness (QED) is 0.0732. The van der Waals surface area contributed by atoms with Crippen molar-refractivity contribution in [2.45, 2.75) is 53.2 Å². The van der Waals surface area contributed by atoms with E-state index >= 15 is 0 Å². The second kappa shape index (κ2) is 17.2. The van der Waals surface area contributed by atoms with Crippen LogP contribution in [0.3, 0.4) is 0 Å². The number of benzene rings is 3. The highest BCUT2D eigenvalue weighted by Gasteiger charge is 2.20. The van der Waals surface area contributed by atoms with Crippen LogP contribution in [0.4, 0.5) is 27.8 Å². The average molecular weight is 741 g/mol. The predicted molar refractivity (Wildman–Crippen MR) is 218 cm³/mol. The molecule has 0 radical (unpaired) electrons. The number of rotatable bonds is 10. The molecule has 55 heavy (non-hydrogen) atoms. The monoisotopic (exact) mass is 740 g/mol. The number of likely N-dealkylation sites (tertiary alicyclic amines) is 1. The lowest BCUT2D eigenvalue weighted by atomic mass is 9.92. The van der Waals surface area contributed by atoms with Crippen molar-refractivity contribution in [2.24, 2.45) is 16.1 Å². The first-order valence-corrected chi connectivity index (χ1v) is 18.3. The Morgan fingerprint density at radius 3 is 2.40 bits per heavy atom. The van der Waals surface area contributed by atoms with Gasteiger partial charge in [-0.3, -0.25) is 10.1 Å². The second-order valence-corrected chi connectivity index (χ2v) is 14.7. The Bertz CT molecular complexity index is 2190. The standard InChI is InChI=1S/C42H48N10O3/c1-27-10-12-29(13-11-27)47-38(23-36(43)42(2,3)4)51-41(54)49-33-14-15-35(32-9-7-6-8-31(32)33)55-26-28-16-19-44-37(22-28)50-39-25-45-34(24-46-39)40(53)48-30-17-20-52(5)21-18-30/h6-16,19,22-25,30H,17-18,20-21,26,43H2,1-5H3,(H,48,53)(H,44,46,50)(H2,47,49,51,54). The van der Waals surface area contributed by atoms with E-state index in [4.69, 9.17) is 10.5 Å². The summed E-state index contributed by atoms with van der Waals surface area (Å²) < 4.78 is 6.30. The van der Waals surface area contributed by atoms with Gasteiger partial charge in [0.1, 0.15) is 35.5 Å². The predicted octanol–water partition coefficient (Wildman–Crippen LogP) is 7.22. The van der Waals surface area contributed by atoms with Crippen LogP contribution in [0.5, 0.6) is 5.75 Å². The average Bonchev–Trinajstić information content (AvgIpc) is 3.16. The zero-order valence-corrected chi connectivity index (χ0v) is 31.9. The van der Waals surface area contributed by atoms with Gasteiger partial charge in [-0.25, -0.2) is 24.7 Å². The number of urea groups is 1. The number of carbonyl (C=O) groups excluding carboxylic acids is 2. The Balaban J connectivity index is 1.10. The van der Waals surface area contributed by atoms with Gasteiger partial charge in [-0.05, 0) is 81.9 Å². The van der Waals surface area contributed by atoms with Gasteiger partial charge in [0.15, 0.2) is 0 Å². The highest BCUT2D eigenvalue weighted by molar-refractivity contribution is 6.11. The van der Waals surface area contributed by atoms with E-state index in [1.165, 1.54) is 12.4 Å². The molecular weight excluding hydrogens is 693 g/mol. The third kappa shape index (κ3) is 10.6. The van der Waals surface area contributed by atoms with Crippen LogP contribution in [-0.4, -0.2) is 63.8 Å². The molecule has 1 aliphatic heterocycles. The summed E-state index contributed by atoms with van der Waals surface area (Å²) in [7, 11) is 2.08. The van der Waals surface area contributed by atoms with E-state index in [1.807, 2.05) is 100 Å². The fourth-order valence-corrected chi connectivity index (χ4v) is 5.84.